The van der Waals surface area contributed by atoms with E-state index in [1.54, 1.807) is 24.3 Å². The second-order valence-corrected chi connectivity index (χ2v) is 11.2. The molecule has 0 aromatic heterocycles. The minimum Gasteiger partial charge on any atom is -0.366 e. The number of halogens is 2. The van der Waals surface area contributed by atoms with Gasteiger partial charge in [0.05, 0.1) is 10.5 Å². The number of carbonyl (C=O) groups is 1. The summed E-state index contributed by atoms with van der Waals surface area (Å²) in [7, 11) is -3.90. The number of nitrogens with zero attached hydrogens (tertiary/aromatic N) is 2. The van der Waals surface area contributed by atoms with E-state index in [1.807, 2.05) is 38.1 Å². The lowest BCUT2D eigenvalue weighted by atomic mass is 10.1. The van der Waals surface area contributed by atoms with Gasteiger partial charge in [-0.15, -0.1) is 0 Å². The molecule has 4 rings (SSSR count). The van der Waals surface area contributed by atoms with Gasteiger partial charge in [0.25, 0.3) is 5.91 Å². The van der Waals surface area contributed by atoms with Gasteiger partial charge in [-0.2, -0.15) is 4.31 Å². The number of hydrogen-bond donors (Lipinski definition) is 1. The van der Waals surface area contributed by atoms with E-state index in [0.29, 0.717) is 18.8 Å². The zero-order valence-electron chi connectivity index (χ0n) is 18.8. The molecule has 0 spiro atoms. The highest BCUT2D eigenvalue weighted by atomic mass is 79.9. The van der Waals surface area contributed by atoms with Gasteiger partial charge in [-0.1, -0.05) is 33.6 Å². The third-order valence-electron chi connectivity index (χ3n) is 5.88. The van der Waals surface area contributed by atoms with Crippen LogP contribution in [0.4, 0.5) is 15.8 Å². The summed E-state index contributed by atoms with van der Waals surface area (Å²) in [6, 6.07) is 18.2. The second kappa shape index (κ2) is 9.85. The van der Waals surface area contributed by atoms with Gasteiger partial charge >= 0.3 is 0 Å². The van der Waals surface area contributed by atoms with Crippen molar-refractivity contribution in [1.29, 1.82) is 0 Å². The van der Waals surface area contributed by atoms with E-state index < -0.39 is 21.7 Å². The molecule has 1 amide bonds. The van der Waals surface area contributed by atoms with E-state index in [0.717, 1.165) is 27.9 Å². The van der Waals surface area contributed by atoms with Crippen LogP contribution in [0.5, 0.6) is 0 Å². The van der Waals surface area contributed by atoms with Crippen LogP contribution in [0.1, 0.15) is 22.8 Å². The summed E-state index contributed by atoms with van der Waals surface area (Å²) in [5.41, 5.74) is 2.36. The number of aryl methyl sites for hydroxylation is 1. The summed E-state index contributed by atoms with van der Waals surface area (Å²) in [6.07, 6.45) is 0. The minimum absolute atomic E-state index is 0.0492. The van der Waals surface area contributed by atoms with Crippen LogP contribution in [-0.2, 0) is 10.0 Å². The first kappa shape index (κ1) is 24.4. The molecule has 1 aliphatic rings. The van der Waals surface area contributed by atoms with Crippen molar-refractivity contribution in [2.75, 3.05) is 29.9 Å². The molecular formula is C25H25BrFN3O3S. The number of amides is 1. The highest BCUT2D eigenvalue weighted by Gasteiger charge is 2.33. The number of benzene rings is 3. The predicted octanol–water partition coefficient (Wildman–Crippen LogP) is 5.05. The Morgan fingerprint density at radius 2 is 1.71 bits per heavy atom. The molecule has 1 heterocycles. The first-order chi connectivity index (χ1) is 16.1. The molecule has 3 aromatic carbocycles. The summed E-state index contributed by atoms with van der Waals surface area (Å²) >= 11 is 3.31. The third kappa shape index (κ3) is 5.16. The third-order valence-corrected chi connectivity index (χ3v) is 8.27. The number of carbonyl (C=O) groups excluding carboxylic acids is 1. The molecule has 6 nitrogen and oxygen atoms in total. The Morgan fingerprint density at radius 1 is 1.03 bits per heavy atom. The summed E-state index contributed by atoms with van der Waals surface area (Å²) in [5, 5.41) is 2.60. The Labute approximate surface area is 207 Å². The van der Waals surface area contributed by atoms with Crippen molar-refractivity contribution in [2.24, 2.45) is 0 Å². The summed E-state index contributed by atoms with van der Waals surface area (Å²) < 4.78 is 43.4. The number of anilines is 2. The lowest BCUT2D eigenvalue weighted by Crippen LogP contribution is -2.53. The Bertz CT molecular complexity index is 1300. The van der Waals surface area contributed by atoms with E-state index >= 15 is 0 Å². The largest absolute Gasteiger partial charge is 0.366 e. The molecule has 178 valence electrons. The van der Waals surface area contributed by atoms with Crippen molar-refractivity contribution in [3.8, 4) is 0 Å². The van der Waals surface area contributed by atoms with E-state index in [4.69, 9.17) is 0 Å². The van der Waals surface area contributed by atoms with Crippen LogP contribution < -0.4 is 10.2 Å². The lowest BCUT2D eigenvalue weighted by Gasteiger charge is -2.40. The normalized spacial score (nSPS) is 16.9. The van der Waals surface area contributed by atoms with Crippen molar-refractivity contribution < 1.29 is 17.6 Å². The summed E-state index contributed by atoms with van der Waals surface area (Å²) in [4.78, 5) is 14.7. The van der Waals surface area contributed by atoms with E-state index in [2.05, 4.69) is 26.1 Å². The Kier molecular flexibility index (Phi) is 7.06. The predicted molar refractivity (Wildman–Crippen MR) is 135 cm³/mol. The molecule has 0 saturated carbocycles. The zero-order chi connectivity index (χ0) is 24.5. The Hall–Kier alpha value is -2.75. The molecule has 1 unspecified atom stereocenters. The van der Waals surface area contributed by atoms with Gasteiger partial charge < -0.3 is 10.2 Å². The number of sulfonamides is 1. The fraction of sp³-hybridized carbons (Fsp3) is 0.240. The Balaban J connectivity index is 1.52. The van der Waals surface area contributed by atoms with Crippen molar-refractivity contribution in [3.63, 3.8) is 0 Å². The first-order valence-corrected chi connectivity index (χ1v) is 13.1. The maximum Gasteiger partial charge on any atom is 0.258 e. The second-order valence-electron chi connectivity index (χ2n) is 8.34. The molecule has 1 saturated heterocycles. The lowest BCUT2D eigenvalue weighted by molar-refractivity contribution is 0.102. The number of rotatable bonds is 5. The number of hydrogen-bond acceptors (Lipinski definition) is 4. The molecule has 1 atom stereocenters. The molecule has 3 aromatic rings. The standard InChI is InChI=1S/C25H25BrFN3O3S/c1-17-3-9-21(10-4-17)30-14-13-29(16-18(30)2)34(32,33)22-11-12-24(27)23(15-22)25(31)28-20-7-5-19(26)6-8-20/h3-12,15,18H,13-14,16H2,1-2H3,(H,28,31). The van der Waals surface area contributed by atoms with Crippen LogP contribution in [-0.4, -0.2) is 44.3 Å². The number of nitrogens with one attached hydrogen (secondary N) is 1. The van der Waals surface area contributed by atoms with Crippen molar-refractivity contribution in [2.45, 2.75) is 24.8 Å². The van der Waals surface area contributed by atoms with Crippen molar-refractivity contribution in [1.82, 2.24) is 4.31 Å². The molecule has 0 radical (unpaired) electrons. The smallest absolute Gasteiger partial charge is 0.258 e. The molecule has 1 fully saturated rings. The highest BCUT2D eigenvalue weighted by molar-refractivity contribution is 9.10. The van der Waals surface area contributed by atoms with E-state index in [-0.39, 0.29) is 23.0 Å². The molecule has 0 aliphatic carbocycles. The van der Waals surface area contributed by atoms with Gasteiger partial charge in [0.15, 0.2) is 0 Å². The molecule has 9 heteroatoms. The van der Waals surface area contributed by atoms with E-state index in [1.165, 1.54) is 10.4 Å². The average molecular weight is 546 g/mol. The molecule has 0 bridgehead atoms. The zero-order valence-corrected chi connectivity index (χ0v) is 21.2. The van der Waals surface area contributed by atoms with Gasteiger partial charge in [-0.05, 0) is 68.4 Å². The summed E-state index contributed by atoms with van der Waals surface area (Å²) in [6.45, 7) is 5.10. The SMILES string of the molecule is Cc1ccc(N2CCN(S(=O)(=O)c3ccc(F)c(C(=O)Nc4ccc(Br)cc4)c3)CC2C)cc1. The Morgan fingerprint density at radius 3 is 2.35 bits per heavy atom. The van der Waals surface area contributed by atoms with Gasteiger partial charge in [-0.3, -0.25) is 4.79 Å². The van der Waals surface area contributed by atoms with Crippen molar-refractivity contribution >= 4 is 43.2 Å². The molecule has 34 heavy (non-hydrogen) atoms. The van der Waals surface area contributed by atoms with Gasteiger partial charge in [-0.25, -0.2) is 12.8 Å². The van der Waals surface area contributed by atoms with Gasteiger partial charge in [0.2, 0.25) is 10.0 Å². The van der Waals surface area contributed by atoms with Crippen LogP contribution in [0.25, 0.3) is 0 Å². The fourth-order valence-corrected chi connectivity index (χ4v) is 5.79. The fourth-order valence-electron chi connectivity index (χ4n) is 3.98. The van der Waals surface area contributed by atoms with Crippen LogP contribution in [0, 0.1) is 12.7 Å². The van der Waals surface area contributed by atoms with Gasteiger partial charge in [0, 0.05) is 41.5 Å². The topological polar surface area (TPSA) is 69.7 Å². The maximum absolute atomic E-state index is 14.5. The molecule has 1 N–H and O–H groups in total. The maximum atomic E-state index is 14.5. The van der Waals surface area contributed by atoms with Crippen LogP contribution in [0.2, 0.25) is 0 Å². The van der Waals surface area contributed by atoms with E-state index in [9.17, 15) is 17.6 Å². The van der Waals surface area contributed by atoms with Crippen LogP contribution in [0.15, 0.2) is 76.1 Å². The molecule has 1 aliphatic heterocycles. The quantitative estimate of drug-likeness (QED) is 0.487. The first-order valence-electron chi connectivity index (χ1n) is 10.8. The number of piperazine rings is 1. The van der Waals surface area contributed by atoms with Crippen LogP contribution in [0.3, 0.4) is 0 Å². The highest BCUT2D eigenvalue weighted by Crippen LogP contribution is 2.26. The monoisotopic (exact) mass is 545 g/mol. The average Bonchev–Trinajstić information content (AvgIpc) is 2.81. The minimum atomic E-state index is -3.90. The van der Waals surface area contributed by atoms with Crippen molar-refractivity contribution in [3.05, 3.63) is 88.1 Å². The molecular weight excluding hydrogens is 521 g/mol. The van der Waals surface area contributed by atoms with Crippen LogP contribution >= 0.6 is 15.9 Å². The summed E-state index contributed by atoms with van der Waals surface area (Å²) in [5.74, 6) is -1.50. The van der Waals surface area contributed by atoms with Gasteiger partial charge in [0.1, 0.15) is 5.82 Å².